The van der Waals surface area contributed by atoms with E-state index in [9.17, 15) is 9.59 Å². The number of nitrogens with one attached hydrogen (secondary N) is 1. The minimum atomic E-state index is -0.329. The molecule has 0 unspecified atom stereocenters. The van der Waals surface area contributed by atoms with E-state index in [1.807, 2.05) is 0 Å². The smallest absolute Gasteiger partial charge is 0.202 e. The summed E-state index contributed by atoms with van der Waals surface area (Å²) in [6.07, 6.45) is 4.49. The number of aromatic nitrogens is 2. The van der Waals surface area contributed by atoms with Crippen LogP contribution in [0.1, 0.15) is 15.9 Å². The van der Waals surface area contributed by atoms with E-state index in [0.717, 1.165) is 0 Å². The number of pyridine rings is 2. The van der Waals surface area contributed by atoms with Gasteiger partial charge in [-0.2, -0.15) is 0 Å². The third kappa shape index (κ3) is 2.29. The molecule has 104 valence electrons. The van der Waals surface area contributed by atoms with Crippen LogP contribution in [-0.4, -0.2) is 22.9 Å². The summed E-state index contributed by atoms with van der Waals surface area (Å²) in [5, 5.41) is 0.400. The predicted molar refractivity (Wildman–Crippen MR) is 78.8 cm³/mol. The van der Waals surface area contributed by atoms with Crippen molar-refractivity contribution in [3.05, 3.63) is 70.3 Å². The molecule has 0 aliphatic rings. The molecule has 0 amide bonds. The molecule has 0 saturated heterocycles. The molecule has 0 saturated carbocycles. The fourth-order valence-corrected chi connectivity index (χ4v) is 2.13. The van der Waals surface area contributed by atoms with Crippen molar-refractivity contribution in [1.82, 2.24) is 9.97 Å². The summed E-state index contributed by atoms with van der Waals surface area (Å²) in [6.45, 7) is 0. The Kier molecular flexibility index (Phi) is 3.23. The van der Waals surface area contributed by atoms with Gasteiger partial charge in [0.25, 0.3) is 0 Å². The van der Waals surface area contributed by atoms with Crippen molar-refractivity contribution in [3.8, 4) is 5.75 Å². The molecule has 0 bridgehead atoms. The molecule has 0 spiro atoms. The number of carbonyl (C=O) groups is 1. The Morgan fingerprint density at radius 3 is 2.67 bits per heavy atom. The number of hydrogen-bond donors (Lipinski definition) is 1. The SMILES string of the molecule is COc1ccc(C(=O)c2c[nH]c3ccncc3c2=O)cc1. The minimum absolute atomic E-state index is 0.0978. The lowest BCUT2D eigenvalue weighted by atomic mass is 10.0. The zero-order chi connectivity index (χ0) is 14.8. The largest absolute Gasteiger partial charge is 0.497 e. The van der Waals surface area contributed by atoms with Crippen molar-refractivity contribution in [2.75, 3.05) is 7.11 Å². The van der Waals surface area contributed by atoms with Crippen LogP contribution in [0.5, 0.6) is 5.75 Å². The van der Waals surface area contributed by atoms with E-state index in [1.54, 1.807) is 43.6 Å². The van der Waals surface area contributed by atoms with Crippen molar-refractivity contribution in [3.63, 3.8) is 0 Å². The molecule has 21 heavy (non-hydrogen) atoms. The fraction of sp³-hybridized carbons (Fsp3) is 0.0625. The van der Waals surface area contributed by atoms with Gasteiger partial charge < -0.3 is 9.72 Å². The topological polar surface area (TPSA) is 72.1 Å². The summed E-state index contributed by atoms with van der Waals surface area (Å²) >= 11 is 0. The highest BCUT2D eigenvalue weighted by atomic mass is 16.5. The summed E-state index contributed by atoms with van der Waals surface area (Å²) in [5.74, 6) is 0.327. The monoisotopic (exact) mass is 280 g/mol. The number of ketones is 1. The van der Waals surface area contributed by atoms with Gasteiger partial charge in [-0.15, -0.1) is 0 Å². The molecular weight excluding hydrogens is 268 g/mol. The highest BCUT2D eigenvalue weighted by molar-refractivity contribution is 6.10. The first-order chi connectivity index (χ1) is 10.2. The van der Waals surface area contributed by atoms with E-state index >= 15 is 0 Å². The predicted octanol–water partition coefficient (Wildman–Crippen LogP) is 2.16. The Morgan fingerprint density at radius 1 is 1.19 bits per heavy atom. The Labute approximate surface area is 120 Å². The summed E-state index contributed by atoms with van der Waals surface area (Å²) < 4.78 is 5.05. The van der Waals surface area contributed by atoms with E-state index in [4.69, 9.17) is 4.74 Å². The van der Waals surface area contributed by atoms with Gasteiger partial charge >= 0.3 is 0 Å². The first-order valence-electron chi connectivity index (χ1n) is 6.35. The highest BCUT2D eigenvalue weighted by Gasteiger charge is 2.15. The number of methoxy groups -OCH3 is 1. The van der Waals surface area contributed by atoms with Crippen LogP contribution < -0.4 is 10.2 Å². The summed E-state index contributed by atoms with van der Waals surface area (Å²) in [5.41, 5.74) is 0.865. The average molecular weight is 280 g/mol. The van der Waals surface area contributed by atoms with Crippen LogP contribution in [0.15, 0.2) is 53.7 Å². The summed E-state index contributed by atoms with van der Waals surface area (Å²) in [6, 6.07) is 8.33. The molecule has 1 N–H and O–H groups in total. The number of H-pyrrole nitrogens is 1. The lowest BCUT2D eigenvalue weighted by Gasteiger charge is -2.04. The van der Waals surface area contributed by atoms with Crippen molar-refractivity contribution in [2.45, 2.75) is 0 Å². The Bertz CT molecular complexity index is 867. The molecule has 1 aromatic carbocycles. The summed E-state index contributed by atoms with van der Waals surface area (Å²) in [7, 11) is 1.55. The van der Waals surface area contributed by atoms with Crippen LogP contribution in [0.3, 0.4) is 0 Å². The van der Waals surface area contributed by atoms with Crippen molar-refractivity contribution in [2.24, 2.45) is 0 Å². The van der Waals surface area contributed by atoms with Gasteiger partial charge in [0.15, 0.2) is 5.78 Å². The van der Waals surface area contributed by atoms with Crippen LogP contribution in [0.25, 0.3) is 10.9 Å². The molecule has 5 heteroatoms. The van der Waals surface area contributed by atoms with Crippen LogP contribution in [0, 0.1) is 0 Å². The van der Waals surface area contributed by atoms with Crippen molar-refractivity contribution < 1.29 is 9.53 Å². The third-order valence-electron chi connectivity index (χ3n) is 3.28. The van der Waals surface area contributed by atoms with Crippen molar-refractivity contribution in [1.29, 1.82) is 0 Å². The number of benzene rings is 1. The van der Waals surface area contributed by atoms with E-state index in [-0.39, 0.29) is 16.8 Å². The van der Waals surface area contributed by atoms with Gasteiger partial charge in [-0.3, -0.25) is 14.6 Å². The maximum atomic E-state index is 12.4. The molecular formula is C16H12N2O3. The summed E-state index contributed by atoms with van der Waals surface area (Å²) in [4.78, 5) is 31.7. The lowest BCUT2D eigenvalue weighted by molar-refractivity contribution is 0.103. The Hall–Kier alpha value is -2.95. The van der Waals surface area contributed by atoms with Gasteiger partial charge in [-0.1, -0.05) is 0 Å². The maximum Gasteiger partial charge on any atom is 0.202 e. The second kappa shape index (κ2) is 5.20. The van der Waals surface area contributed by atoms with E-state index < -0.39 is 0 Å². The van der Waals surface area contributed by atoms with E-state index in [0.29, 0.717) is 22.2 Å². The molecule has 0 atom stereocenters. The molecule has 3 aromatic rings. The number of hydrogen-bond acceptors (Lipinski definition) is 4. The average Bonchev–Trinajstić information content (AvgIpc) is 2.55. The molecule has 3 rings (SSSR count). The van der Waals surface area contributed by atoms with Crippen LogP contribution in [0.2, 0.25) is 0 Å². The third-order valence-corrected chi connectivity index (χ3v) is 3.28. The van der Waals surface area contributed by atoms with Crippen LogP contribution >= 0.6 is 0 Å². The molecule has 0 aliphatic carbocycles. The zero-order valence-electron chi connectivity index (χ0n) is 11.3. The number of ether oxygens (including phenoxy) is 1. The number of nitrogens with zero attached hydrogens (tertiary/aromatic N) is 1. The second-order valence-corrected chi connectivity index (χ2v) is 4.51. The lowest BCUT2D eigenvalue weighted by Crippen LogP contribution is -2.16. The van der Waals surface area contributed by atoms with Crippen LogP contribution in [0.4, 0.5) is 0 Å². The van der Waals surface area contributed by atoms with Crippen LogP contribution in [-0.2, 0) is 0 Å². The minimum Gasteiger partial charge on any atom is -0.497 e. The molecule has 2 aromatic heterocycles. The molecule has 0 fully saturated rings. The first-order valence-corrected chi connectivity index (χ1v) is 6.35. The second-order valence-electron chi connectivity index (χ2n) is 4.51. The standard InChI is InChI=1S/C16H12N2O3/c1-21-11-4-2-10(3-5-11)15(19)13-9-18-14-6-7-17-8-12(14)16(13)20/h2-9H,1H3,(H,18,20). The first kappa shape index (κ1) is 13.1. The van der Waals surface area contributed by atoms with Gasteiger partial charge in [-0.25, -0.2) is 0 Å². The van der Waals surface area contributed by atoms with E-state index in [1.165, 1.54) is 12.4 Å². The number of aromatic amines is 1. The molecule has 0 aliphatic heterocycles. The molecule has 5 nitrogen and oxygen atoms in total. The van der Waals surface area contributed by atoms with E-state index in [2.05, 4.69) is 9.97 Å². The number of carbonyl (C=O) groups excluding carboxylic acids is 1. The van der Waals surface area contributed by atoms with Gasteiger partial charge in [0, 0.05) is 24.2 Å². The van der Waals surface area contributed by atoms with Gasteiger partial charge in [0.05, 0.1) is 23.6 Å². The maximum absolute atomic E-state index is 12.4. The number of fused-ring (bicyclic) bond motifs is 1. The molecule has 0 radical (unpaired) electrons. The Morgan fingerprint density at radius 2 is 1.95 bits per heavy atom. The fourth-order valence-electron chi connectivity index (χ4n) is 2.13. The van der Waals surface area contributed by atoms with Gasteiger partial charge in [-0.05, 0) is 30.3 Å². The Balaban J connectivity index is 2.09. The normalized spacial score (nSPS) is 10.5. The highest BCUT2D eigenvalue weighted by Crippen LogP contribution is 2.14. The quantitative estimate of drug-likeness (QED) is 0.746. The zero-order valence-corrected chi connectivity index (χ0v) is 11.3. The van der Waals surface area contributed by atoms with Gasteiger partial charge in [0.1, 0.15) is 5.75 Å². The van der Waals surface area contributed by atoms with Gasteiger partial charge in [0.2, 0.25) is 5.43 Å². The number of rotatable bonds is 3. The molecule has 2 heterocycles. The van der Waals surface area contributed by atoms with Crippen molar-refractivity contribution >= 4 is 16.7 Å².